The zero-order chi connectivity index (χ0) is 16.2. The fourth-order valence-electron chi connectivity index (χ4n) is 1.87. The summed E-state index contributed by atoms with van der Waals surface area (Å²) < 4.78 is 5.02. The Kier molecular flexibility index (Phi) is 4.50. The first-order valence-corrected chi connectivity index (χ1v) is 7.40. The molecule has 3 rings (SSSR count). The van der Waals surface area contributed by atoms with Crippen LogP contribution >= 0.6 is 23.2 Å². The lowest BCUT2D eigenvalue weighted by Crippen LogP contribution is -2.11. The molecule has 0 aliphatic carbocycles. The highest BCUT2D eigenvalue weighted by Gasteiger charge is 2.09. The van der Waals surface area contributed by atoms with Crippen molar-refractivity contribution in [3.8, 4) is 0 Å². The molecule has 1 aromatic carbocycles. The predicted octanol–water partition coefficient (Wildman–Crippen LogP) is 4.98. The molecule has 0 atom stereocenters. The number of furan rings is 1. The average molecular weight is 348 g/mol. The molecule has 1 amide bonds. The number of rotatable bonds is 4. The van der Waals surface area contributed by atoms with Gasteiger partial charge < -0.3 is 15.1 Å². The van der Waals surface area contributed by atoms with Gasteiger partial charge in [-0.05, 0) is 42.5 Å². The molecule has 5 nitrogen and oxygen atoms in total. The number of carbonyl (C=O) groups excluding carboxylic acids is 1. The summed E-state index contributed by atoms with van der Waals surface area (Å²) in [5, 5.41) is 6.83. The molecule has 7 heteroatoms. The third-order valence-corrected chi connectivity index (χ3v) is 3.51. The minimum atomic E-state index is -0.357. The lowest BCUT2D eigenvalue weighted by Gasteiger charge is -2.09. The largest absolute Gasteiger partial charge is 0.459 e. The van der Waals surface area contributed by atoms with Gasteiger partial charge in [0.2, 0.25) is 0 Å². The Morgan fingerprint density at radius 2 is 2.00 bits per heavy atom. The van der Waals surface area contributed by atoms with Crippen LogP contribution in [-0.4, -0.2) is 10.9 Å². The van der Waals surface area contributed by atoms with Gasteiger partial charge in [0.15, 0.2) is 5.76 Å². The molecule has 0 aliphatic rings. The van der Waals surface area contributed by atoms with E-state index >= 15 is 0 Å². The molecule has 2 aromatic heterocycles. The zero-order valence-electron chi connectivity index (χ0n) is 11.7. The van der Waals surface area contributed by atoms with Crippen LogP contribution in [0.15, 0.2) is 59.3 Å². The maximum absolute atomic E-state index is 11.8. The molecular weight excluding hydrogens is 337 g/mol. The third kappa shape index (κ3) is 3.83. The second-order valence-corrected chi connectivity index (χ2v) is 5.46. The number of amides is 1. The second kappa shape index (κ2) is 6.73. The van der Waals surface area contributed by atoms with E-state index < -0.39 is 0 Å². The smallest absolute Gasteiger partial charge is 0.292 e. The topological polar surface area (TPSA) is 67.2 Å². The molecule has 2 N–H and O–H groups in total. The van der Waals surface area contributed by atoms with Crippen molar-refractivity contribution >= 4 is 46.3 Å². The third-order valence-electron chi connectivity index (χ3n) is 2.96. The van der Waals surface area contributed by atoms with Crippen LogP contribution in [0.25, 0.3) is 0 Å². The summed E-state index contributed by atoms with van der Waals surface area (Å²) in [5.74, 6) is 0.282. The molecule has 0 saturated carbocycles. The molecule has 0 aliphatic heterocycles. The number of pyridine rings is 1. The first-order chi connectivity index (χ1) is 11.1. The lowest BCUT2D eigenvalue weighted by molar-refractivity contribution is 0.0996. The Balaban J connectivity index is 1.68. The van der Waals surface area contributed by atoms with Crippen LogP contribution in [0.4, 0.5) is 17.2 Å². The Morgan fingerprint density at radius 1 is 1.13 bits per heavy atom. The molecule has 0 unspecified atom stereocenters. The summed E-state index contributed by atoms with van der Waals surface area (Å²) in [4.78, 5) is 16.0. The number of hydrogen-bond acceptors (Lipinski definition) is 4. The van der Waals surface area contributed by atoms with E-state index in [0.29, 0.717) is 21.6 Å². The number of hydrogen-bond donors (Lipinski definition) is 2. The lowest BCUT2D eigenvalue weighted by atomic mass is 10.3. The Morgan fingerprint density at radius 3 is 2.65 bits per heavy atom. The van der Waals surface area contributed by atoms with Gasteiger partial charge >= 0.3 is 0 Å². The molecule has 0 radical (unpaired) electrons. The highest BCUT2D eigenvalue weighted by atomic mass is 35.5. The number of nitrogens with one attached hydrogen (secondary N) is 2. The van der Waals surface area contributed by atoms with E-state index in [1.54, 1.807) is 48.7 Å². The van der Waals surface area contributed by atoms with Crippen molar-refractivity contribution in [1.82, 2.24) is 4.98 Å². The van der Waals surface area contributed by atoms with Crippen LogP contribution in [0.2, 0.25) is 10.0 Å². The molecule has 116 valence electrons. The van der Waals surface area contributed by atoms with Crippen LogP contribution in [0.5, 0.6) is 0 Å². The summed E-state index contributed by atoms with van der Waals surface area (Å²) in [6.45, 7) is 0. The molecule has 3 aromatic rings. The number of nitrogens with zero attached hydrogens (tertiary/aromatic N) is 1. The fraction of sp³-hybridized carbons (Fsp3) is 0. The predicted molar refractivity (Wildman–Crippen MR) is 90.6 cm³/mol. The summed E-state index contributed by atoms with van der Waals surface area (Å²) >= 11 is 12.0. The molecule has 23 heavy (non-hydrogen) atoms. The Bertz CT molecular complexity index is 818. The monoisotopic (exact) mass is 347 g/mol. The first kappa shape index (κ1) is 15.4. The van der Waals surface area contributed by atoms with E-state index in [-0.39, 0.29) is 11.7 Å². The number of carbonyl (C=O) groups is 1. The summed E-state index contributed by atoms with van der Waals surface area (Å²) in [7, 11) is 0. The van der Waals surface area contributed by atoms with Crippen LogP contribution in [0, 0.1) is 0 Å². The minimum Gasteiger partial charge on any atom is -0.459 e. The van der Waals surface area contributed by atoms with Crippen molar-refractivity contribution < 1.29 is 9.21 Å². The van der Waals surface area contributed by atoms with Gasteiger partial charge in [-0.3, -0.25) is 4.79 Å². The van der Waals surface area contributed by atoms with Crippen molar-refractivity contribution in [3.63, 3.8) is 0 Å². The maximum atomic E-state index is 11.8. The Labute approximate surface area is 142 Å². The van der Waals surface area contributed by atoms with Gasteiger partial charge in [-0.2, -0.15) is 0 Å². The van der Waals surface area contributed by atoms with E-state index in [1.165, 1.54) is 6.26 Å². The van der Waals surface area contributed by atoms with Gasteiger partial charge in [0.1, 0.15) is 5.82 Å². The Hall–Kier alpha value is -2.50. The van der Waals surface area contributed by atoms with Crippen molar-refractivity contribution in [2.45, 2.75) is 0 Å². The van der Waals surface area contributed by atoms with Crippen molar-refractivity contribution in [2.75, 3.05) is 10.6 Å². The van der Waals surface area contributed by atoms with Gasteiger partial charge in [-0.25, -0.2) is 4.98 Å². The molecule has 0 saturated heterocycles. The van der Waals surface area contributed by atoms with Crippen molar-refractivity contribution in [2.24, 2.45) is 0 Å². The summed E-state index contributed by atoms with van der Waals surface area (Å²) in [6.07, 6.45) is 3.02. The van der Waals surface area contributed by atoms with Gasteiger partial charge in [-0.1, -0.05) is 23.2 Å². The standard InChI is InChI=1S/C16H11Cl2N3O2/c17-10-3-5-13(12(18)8-10)20-11-4-6-15(19-9-11)21-16(22)14-2-1-7-23-14/h1-9,20H,(H,19,21,22). The number of aromatic nitrogens is 1. The van der Waals surface area contributed by atoms with Crippen molar-refractivity contribution in [1.29, 1.82) is 0 Å². The normalized spacial score (nSPS) is 10.3. The maximum Gasteiger partial charge on any atom is 0.292 e. The van der Waals surface area contributed by atoms with Gasteiger partial charge in [-0.15, -0.1) is 0 Å². The van der Waals surface area contributed by atoms with Gasteiger partial charge in [0, 0.05) is 5.02 Å². The zero-order valence-corrected chi connectivity index (χ0v) is 13.2. The quantitative estimate of drug-likeness (QED) is 0.698. The van der Waals surface area contributed by atoms with Crippen LogP contribution in [0.3, 0.4) is 0 Å². The van der Waals surface area contributed by atoms with Crippen molar-refractivity contribution in [3.05, 3.63) is 70.7 Å². The summed E-state index contributed by atoms with van der Waals surface area (Å²) in [5.41, 5.74) is 1.44. The number of halogens is 2. The first-order valence-electron chi connectivity index (χ1n) is 6.65. The van der Waals surface area contributed by atoms with Crippen LogP contribution in [0.1, 0.15) is 10.6 Å². The fourth-order valence-corrected chi connectivity index (χ4v) is 2.33. The van der Waals surface area contributed by atoms with Gasteiger partial charge in [0.25, 0.3) is 5.91 Å². The average Bonchev–Trinajstić information content (AvgIpc) is 3.06. The van der Waals surface area contributed by atoms with Gasteiger partial charge in [0.05, 0.1) is 28.9 Å². The molecule has 0 bridgehead atoms. The molecule has 2 heterocycles. The van der Waals surface area contributed by atoms with E-state index in [1.807, 2.05) is 0 Å². The van der Waals surface area contributed by atoms with E-state index in [4.69, 9.17) is 27.6 Å². The van der Waals surface area contributed by atoms with Crippen LogP contribution in [-0.2, 0) is 0 Å². The highest BCUT2D eigenvalue weighted by molar-refractivity contribution is 6.36. The highest BCUT2D eigenvalue weighted by Crippen LogP contribution is 2.28. The minimum absolute atomic E-state index is 0.224. The van der Waals surface area contributed by atoms with E-state index in [2.05, 4.69) is 15.6 Å². The SMILES string of the molecule is O=C(Nc1ccc(Nc2ccc(Cl)cc2Cl)cn1)c1ccco1. The van der Waals surface area contributed by atoms with Crippen LogP contribution < -0.4 is 10.6 Å². The van der Waals surface area contributed by atoms with E-state index in [9.17, 15) is 4.79 Å². The molecule has 0 spiro atoms. The molecule has 0 fully saturated rings. The number of benzene rings is 1. The molecular formula is C16H11Cl2N3O2. The second-order valence-electron chi connectivity index (χ2n) is 4.61. The van der Waals surface area contributed by atoms with E-state index in [0.717, 1.165) is 5.69 Å². The summed E-state index contributed by atoms with van der Waals surface area (Å²) in [6, 6.07) is 11.8. The number of anilines is 3.